The molecule has 0 aromatic rings. The first-order chi connectivity index (χ1) is 2.43. The van der Waals surface area contributed by atoms with Crippen LogP contribution in [-0.4, -0.2) is 23.0 Å². The Balaban J connectivity index is 2.00. The van der Waals surface area contributed by atoms with Gasteiger partial charge in [-0.3, -0.25) is 0 Å². The van der Waals surface area contributed by atoms with Crippen LogP contribution in [0.25, 0.3) is 0 Å². The molecule has 0 bridgehead atoms. The van der Waals surface area contributed by atoms with Gasteiger partial charge in [-0.25, -0.2) is 0 Å². The summed E-state index contributed by atoms with van der Waals surface area (Å²) in [6.45, 7) is 1.05. The molecule has 0 N–H and O–H groups in total. The highest BCUT2D eigenvalue weighted by Gasteiger charge is 2.18. The van der Waals surface area contributed by atoms with Crippen LogP contribution in [0.2, 0.25) is 6.04 Å². The van der Waals surface area contributed by atoms with E-state index in [2.05, 4.69) is 0 Å². The van der Waals surface area contributed by atoms with Crippen molar-refractivity contribution in [2.45, 2.75) is 12.1 Å². The third-order valence-electron chi connectivity index (χ3n) is 0.858. The minimum absolute atomic E-state index is 0.696. The van der Waals surface area contributed by atoms with Crippen LogP contribution in [0.1, 0.15) is 0 Å². The first-order valence-corrected chi connectivity index (χ1v) is 3.46. The Morgan fingerprint density at radius 2 is 2.60 bits per heavy atom. The van der Waals surface area contributed by atoms with E-state index in [1.165, 1.54) is 16.3 Å². The minimum atomic E-state index is 0.696. The molecule has 0 saturated carbocycles. The van der Waals surface area contributed by atoms with Crippen molar-refractivity contribution < 1.29 is 4.74 Å². The predicted octanol–water partition coefficient (Wildman–Crippen LogP) is -0.831. The van der Waals surface area contributed by atoms with Crippen LogP contribution in [0, 0.1) is 0 Å². The SMILES string of the molecule is [SiH3]CC1CO1. The molecule has 5 heavy (non-hydrogen) atoms. The summed E-state index contributed by atoms with van der Waals surface area (Å²) in [5.41, 5.74) is 0. The Labute approximate surface area is 34.7 Å². The summed E-state index contributed by atoms with van der Waals surface area (Å²) >= 11 is 0. The van der Waals surface area contributed by atoms with Crippen molar-refractivity contribution in [1.82, 2.24) is 0 Å². The predicted molar refractivity (Wildman–Crippen MR) is 24.5 cm³/mol. The molecule has 0 spiro atoms. The topological polar surface area (TPSA) is 12.5 Å². The Morgan fingerprint density at radius 1 is 2.00 bits per heavy atom. The van der Waals surface area contributed by atoms with Gasteiger partial charge in [0.2, 0.25) is 0 Å². The number of ether oxygens (including phenoxy) is 1. The van der Waals surface area contributed by atoms with Gasteiger partial charge < -0.3 is 4.74 Å². The molecule has 0 aromatic heterocycles. The van der Waals surface area contributed by atoms with E-state index >= 15 is 0 Å². The fraction of sp³-hybridized carbons (Fsp3) is 1.00. The summed E-state index contributed by atoms with van der Waals surface area (Å²) in [6.07, 6.45) is 0.696. The van der Waals surface area contributed by atoms with Crippen LogP contribution in [0.5, 0.6) is 0 Å². The lowest BCUT2D eigenvalue weighted by molar-refractivity contribution is 0.423. The van der Waals surface area contributed by atoms with Gasteiger partial charge in [-0.1, -0.05) is 0 Å². The highest BCUT2D eigenvalue weighted by molar-refractivity contribution is 6.09. The first-order valence-electron chi connectivity index (χ1n) is 2.05. The molecule has 1 heterocycles. The molecular formula is C3H8OSi. The minimum Gasteiger partial charge on any atom is -0.373 e. The Bertz CT molecular complexity index is 33.9. The molecule has 1 unspecified atom stereocenters. The van der Waals surface area contributed by atoms with Gasteiger partial charge in [0.25, 0.3) is 0 Å². The third-order valence-corrected chi connectivity index (χ3v) is 1.77. The standard InChI is InChI=1S/C3H8OSi/c5-2-3-1-4-3/h3H,1-2H2,5H3. The van der Waals surface area contributed by atoms with E-state index in [1.54, 1.807) is 0 Å². The molecule has 2 heteroatoms. The Morgan fingerprint density at radius 3 is 2.60 bits per heavy atom. The van der Waals surface area contributed by atoms with Crippen molar-refractivity contribution in [1.29, 1.82) is 0 Å². The molecule has 0 radical (unpaired) electrons. The maximum absolute atomic E-state index is 4.89. The van der Waals surface area contributed by atoms with Gasteiger partial charge in [0.05, 0.1) is 12.7 Å². The normalized spacial score (nSPS) is 34.8. The first kappa shape index (κ1) is 3.37. The van der Waals surface area contributed by atoms with Gasteiger partial charge in [0, 0.05) is 10.2 Å². The van der Waals surface area contributed by atoms with Gasteiger partial charge in [0.15, 0.2) is 0 Å². The van der Waals surface area contributed by atoms with Crippen molar-refractivity contribution in [2.24, 2.45) is 0 Å². The zero-order chi connectivity index (χ0) is 3.70. The Kier molecular flexibility index (Phi) is 0.745. The molecule has 0 aliphatic carbocycles. The highest BCUT2D eigenvalue weighted by atomic mass is 28.1. The van der Waals surface area contributed by atoms with Gasteiger partial charge in [-0.2, -0.15) is 0 Å². The van der Waals surface area contributed by atoms with Gasteiger partial charge in [-0.15, -0.1) is 0 Å². The van der Waals surface area contributed by atoms with E-state index in [1.807, 2.05) is 0 Å². The van der Waals surface area contributed by atoms with Crippen LogP contribution < -0.4 is 0 Å². The number of epoxide rings is 1. The van der Waals surface area contributed by atoms with Crippen LogP contribution in [0.15, 0.2) is 0 Å². The van der Waals surface area contributed by atoms with Gasteiger partial charge >= 0.3 is 0 Å². The molecule has 1 nitrogen and oxygen atoms in total. The molecule has 1 aliphatic rings. The second-order valence-corrected chi connectivity index (χ2v) is 2.18. The van der Waals surface area contributed by atoms with Crippen LogP contribution >= 0.6 is 0 Å². The molecule has 1 aliphatic heterocycles. The maximum atomic E-state index is 4.89. The van der Waals surface area contributed by atoms with Gasteiger partial charge in [-0.05, 0) is 6.04 Å². The number of rotatable bonds is 1. The van der Waals surface area contributed by atoms with E-state index in [0.29, 0.717) is 6.10 Å². The van der Waals surface area contributed by atoms with Crippen LogP contribution in [-0.2, 0) is 4.74 Å². The van der Waals surface area contributed by atoms with Crippen molar-refractivity contribution in [3.8, 4) is 0 Å². The summed E-state index contributed by atoms with van der Waals surface area (Å²) in [4.78, 5) is 0. The van der Waals surface area contributed by atoms with E-state index in [4.69, 9.17) is 4.74 Å². The zero-order valence-electron chi connectivity index (χ0n) is 3.40. The summed E-state index contributed by atoms with van der Waals surface area (Å²) in [7, 11) is 1.31. The second kappa shape index (κ2) is 1.10. The van der Waals surface area contributed by atoms with Crippen molar-refractivity contribution >= 4 is 10.2 Å². The van der Waals surface area contributed by atoms with Crippen molar-refractivity contribution in [3.63, 3.8) is 0 Å². The van der Waals surface area contributed by atoms with E-state index in [0.717, 1.165) is 6.61 Å². The third kappa shape index (κ3) is 0.739. The number of hydrogen-bond donors (Lipinski definition) is 0. The molecule has 0 aromatic carbocycles. The molecule has 0 amide bonds. The molecule has 30 valence electrons. The molecular weight excluding hydrogens is 80.1 g/mol. The Hall–Kier alpha value is 0.177. The van der Waals surface area contributed by atoms with Crippen LogP contribution in [0.3, 0.4) is 0 Å². The quantitative estimate of drug-likeness (QED) is 0.301. The monoisotopic (exact) mass is 88.0 g/mol. The summed E-state index contributed by atoms with van der Waals surface area (Å²) in [5, 5.41) is 0. The molecule has 1 fully saturated rings. The van der Waals surface area contributed by atoms with E-state index in [-0.39, 0.29) is 0 Å². The smallest absolute Gasteiger partial charge is 0.0778 e. The van der Waals surface area contributed by atoms with Gasteiger partial charge in [0.1, 0.15) is 0 Å². The fourth-order valence-corrected chi connectivity index (χ4v) is 0.775. The maximum Gasteiger partial charge on any atom is 0.0778 e. The zero-order valence-corrected chi connectivity index (χ0v) is 5.40. The van der Waals surface area contributed by atoms with Crippen molar-refractivity contribution in [2.75, 3.05) is 6.61 Å². The lowest BCUT2D eigenvalue weighted by Crippen LogP contribution is -1.76. The largest absolute Gasteiger partial charge is 0.373 e. The average molecular weight is 88.2 g/mol. The average Bonchev–Trinajstić information content (AvgIpc) is 2.12. The second-order valence-electron chi connectivity index (χ2n) is 1.36. The highest BCUT2D eigenvalue weighted by Crippen LogP contribution is 2.10. The van der Waals surface area contributed by atoms with Crippen molar-refractivity contribution in [3.05, 3.63) is 0 Å². The lowest BCUT2D eigenvalue weighted by atomic mass is 10.6. The summed E-state index contributed by atoms with van der Waals surface area (Å²) in [6, 6.07) is 1.33. The van der Waals surface area contributed by atoms with E-state index < -0.39 is 0 Å². The summed E-state index contributed by atoms with van der Waals surface area (Å²) < 4.78 is 4.89. The molecule has 1 saturated heterocycles. The lowest BCUT2D eigenvalue weighted by Gasteiger charge is -1.69. The number of hydrogen-bond acceptors (Lipinski definition) is 1. The fourth-order valence-electron chi connectivity index (χ4n) is 0.304. The summed E-state index contributed by atoms with van der Waals surface area (Å²) in [5.74, 6) is 0. The molecule has 1 rings (SSSR count). The van der Waals surface area contributed by atoms with E-state index in [9.17, 15) is 0 Å². The molecule has 1 atom stereocenters. The van der Waals surface area contributed by atoms with Crippen LogP contribution in [0.4, 0.5) is 0 Å².